The quantitative estimate of drug-likeness (QED) is 0.343. The van der Waals surface area contributed by atoms with E-state index < -0.39 is 0 Å². The fraction of sp³-hybridized carbons (Fsp3) is 0.182. The number of hydrogen-bond donors (Lipinski definition) is 2. The molecule has 0 saturated carbocycles. The van der Waals surface area contributed by atoms with E-state index in [-0.39, 0.29) is 0 Å². The number of anilines is 2. The molecule has 4 aromatic rings. The van der Waals surface area contributed by atoms with Gasteiger partial charge < -0.3 is 20.9 Å². The van der Waals surface area contributed by atoms with E-state index in [2.05, 4.69) is 9.97 Å². The zero-order valence-electron chi connectivity index (χ0n) is 16.3. The lowest BCUT2D eigenvalue weighted by Gasteiger charge is -2.09. The van der Waals surface area contributed by atoms with Crippen molar-refractivity contribution in [3.05, 3.63) is 59.3 Å². The molecule has 0 fully saturated rings. The maximum Gasteiger partial charge on any atom is 0.180 e. The minimum Gasteiger partial charge on any atom is -0.494 e. The Morgan fingerprint density at radius 1 is 0.700 bits per heavy atom. The molecule has 0 aliphatic rings. The molecule has 2 heterocycles. The zero-order valence-corrected chi connectivity index (χ0v) is 17.9. The summed E-state index contributed by atoms with van der Waals surface area (Å²) in [4.78, 5) is 8.63. The highest BCUT2D eigenvalue weighted by Gasteiger charge is 2.05. The third kappa shape index (κ3) is 5.28. The third-order valence-electron chi connectivity index (χ3n) is 4.38. The van der Waals surface area contributed by atoms with Gasteiger partial charge in [0, 0.05) is 21.9 Å². The molecule has 4 N–H and O–H groups in total. The number of benzene rings is 2. The molecule has 0 spiro atoms. The molecule has 8 heteroatoms. The average Bonchev–Trinajstić information content (AvgIpc) is 3.39. The summed E-state index contributed by atoms with van der Waals surface area (Å²) in [7, 11) is 0. The van der Waals surface area contributed by atoms with Gasteiger partial charge in [0.1, 0.15) is 11.5 Å². The maximum absolute atomic E-state index is 5.88. The van der Waals surface area contributed by atoms with Gasteiger partial charge in [-0.25, -0.2) is 9.97 Å². The predicted octanol–water partition coefficient (Wildman–Crippen LogP) is 5.34. The minimum absolute atomic E-state index is 0.567. The molecule has 0 aliphatic heterocycles. The third-order valence-corrected chi connectivity index (χ3v) is 5.73. The highest BCUT2D eigenvalue weighted by atomic mass is 32.1. The van der Waals surface area contributed by atoms with Crippen molar-refractivity contribution in [2.24, 2.45) is 0 Å². The first-order valence-electron chi connectivity index (χ1n) is 9.56. The lowest BCUT2D eigenvalue weighted by atomic mass is 10.1. The topological polar surface area (TPSA) is 96.3 Å². The van der Waals surface area contributed by atoms with Gasteiger partial charge in [-0.05, 0) is 37.1 Å². The summed E-state index contributed by atoms with van der Waals surface area (Å²) < 4.78 is 11.8. The molecule has 154 valence electrons. The second-order valence-corrected chi connectivity index (χ2v) is 8.38. The molecule has 4 rings (SSSR count). The van der Waals surface area contributed by atoms with Crippen molar-refractivity contribution in [3.8, 4) is 34.0 Å². The van der Waals surface area contributed by atoms with Crippen LogP contribution in [0.1, 0.15) is 12.8 Å². The van der Waals surface area contributed by atoms with E-state index >= 15 is 0 Å². The van der Waals surface area contributed by atoms with Crippen molar-refractivity contribution < 1.29 is 9.47 Å². The predicted molar refractivity (Wildman–Crippen MR) is 124 cm³/mol. The summed E-state index contributed by atoms with van der Waals surface area (Å²) in [5.41, 5.74) is 15.2. The minimum atomic E-state index is 0.567. The molecule has 0 bridgehead atoms. The first-order chi connectivity index (χ1) is 14.7. The zero-order chi connectivity index (χ0) is 20.8. The molecule has 2 aromatic carbocycles. The number of hydrogen-bond acceptors (Lipinski definition) is 8. The van der Waals surface area contributed by atoms with Crippen LogP contribution in [0.25, 0.3) is 22.5 Å². The van der Waals surface area contributed by atoms with Crippen LogP contribution in [0, 0.1) is 0 Å². The van der Waals surface area contributed by atoms with E-state index in [0.717, 1.165) is 46.9 Å². The number of aromatic nitrogens is 2. The van der Waals surface area contributed by atoms with Gasteiger partial charge in [-0.15, -0.1) is 22.7 Å². The highest BCUT2D eigenvalue weighted by Crippen LogP contribution is 2.27. The average molecular weight is 439 g/mol. The summed E-state index contributed by atoms with van der Waals surface area (Å²) in [6.45, 7) is 1.26. The second-order valence-electron chi connectivity index (χ2n) is 6.60. The first-order valence-corrected chi connectivity index (χ1v) is 11.3. The molecule has 30 heavy (non-hydrogen) atoms. The number of ether oxygens (including phenoxy) is 2. The van der Waals surface area contributed by atoms with Gasteiger partial charge in [0.15, 0.2) is 10.3 Å². The summed E-state index contributed by atoms with van der Waals surface area (Å²) in [6.07, 6.45) is 1.80. The number of thiazole rings is 2. The molecule has 0 radical (unpaired) electrons. The fourth-order valence-corrected chi connectivity index (χ4v) is 4.06. The van der Waals surface area contributed by atoms with E-state index in [9.17, 15) is 0 Å². The lowest BCUT2D eigenvalue weighted by molar-refractivity contribution is 0.266. The standard InChI is InChI=1S/C22H22N4O2S2/c23-21-25-19(13-29-21)15-5-3-7-17(11-15)27-9-1-2-10-28-18-8-4-6-16(12-18)20-14-30-22(24)26-20/h3-8,11-14H,1-2,9-10H2,(H2,23,25)(H2,24,26). The van der Waals surface area contributed by atoms with Crippen LogP contribution in [0.5, 0.6) is 11.5 Å². The summed E-state index contributed by atoms with van der Waals surface area (Å²) in [6, 6.07) is 15.8. The van der Waals surface area contributed by atoms with Crippen LogP contribution in [0.4, 0.5) is 10.3 Å². The largest absolute Gasteiger partial charge is 0.494 e. The Hall–Kier alpha value is -3.10. The number of nitrogen functional groups attached to an aromatic ring is 2. The Morgan fingerprint density at radius 3 is 1.57 bits per heavy atom. The van der Waals surface area contributed by atoms with Crippen LogP contribution < -0.4 is 20.9 Å². The van der Waals surface area contributed by atoms with Crippen LogP contribution in [0.2, 0.25) is 0 Å². The molecule has 6 nitrogen and oxygen atoms in total. The van der Waals surface area contributed by atoms with E-state index in [1.807, 2.05) is 59.3 Å². The highest BCUT2D eigenvalue weighted by molar-refractivity contribution is 7.14. The van der Waals surface area contributed by atoms with Crippen molar-refractivity contribution in [2.45, 2.75) is 12.8 Å². The Labute approximate surface area is 183 Å². The normalized spacial score (nSPS) is 10.8. The van der Waals surface area contributed by atoms with Crippen molar-refractivity contribution in [1.29, 1.82) is 0 Å². The Morgan fingerprint density at radius 2 is 1.17 bits per heavy atom. The van der Waals surface area contributed by atoms with E-state index in [1.54, 1.807) is 0 Å². The van der Waals surface area contributed by atoms with Crippen LogP contribution >= 0.6 is 22.7 Å². The van der Waals surface area contributed by atoms with Gasteiger partial charge >= 0.3 is 0 Å². The van der Waals surface area contributed by atoms with Gasteiger partial charge in [-0.3, -0.25) is 0 Å². The van der Waals surface area contributed by atoms with Crippen LogP contribution in [0.3, 0.4) is 0 Å². The van der Waals surface area contributed by atoms with Gasteiger partial charge in [-0.1, -0.05) is 24.3 Å². The Kier molecular flexibility index (Phi) is 6.46. The van der Waals surface area contributed by atoms with Gasteiger partial charge in [0.25, 0.3) is 0 Å². The molecular formula is C22H22N4O2S2. The van der Waals surface area contributed by atoms with Crippen molar-refractivity contribution in [2.75, 3.05) is 24.7 Å². The second kappa shape index (κ2) is 9.60. The van der Waals surface area contributed by atoms with Crippen LogP contribution in [-0.2, 0) is 0 Å². The summed E-state index contributed by atoms with van der Waals surface area (Å²) in [5, 5.41) is 5.03. The molecule has 0 amide bonds. The van der Waals surface area contributed by atoms with Crippen LogP contribution in [-0.4, -0.2) is 23.2 Å². The van der Waals surface area contributed by atoms with Crippen molar-refractivity contribution in [3.63, 3.8) is 0 Å². The number of nitrogens with zero attached hydrogens (tertiary/aromatic N) is 2. The molecule has 0 saturated heterocycles. The Balaban J connectivity index is 1.21. The monoisotopic (exact) mass is 438 g/mol. The molecular weight excluding hydrogens is 416 g/mol. The van der Waals surface area contributed by atoms with E-state index in [1.165, 1.54) is 22.7 Å². The lowest BCUT2D eigenvalue weighted by Crippen LogP contribution is -2.02. The van der Waals surface area contributed by atoms with Crippen molar-refractivity contribution >= 4 is 32.9 Å². The molecule has 0 atom stereocenters. The van der Waals surface area contributed by atoms with Crippen LogP contribution in [0.15, 0.2) is 59.3 Å². The van der Waals surface area contributed by atoms with E-state index in [0.29, 0.717) is 23.5 Å². The SMILES string of the molecule is Nc1nc(-c2cccc(OCCCCOc3cccc(-c4csc(N)n4)c3)c2)cs1. The number of rotatable bonds is 9. The Bertz CT molecular complexity index is 1020. The maximum atomic E-state index is 5.88. The summed E-state index contributed by atoms with van der Waals surface area (Å²) in [5.74, 6) is 1.66. The fourth-order valence-electron chi connectivity index (χ4n) is 2.91. The summed E-state index contributed by atoms with van der Waals surface area (Å²) >= 11 is 2.87. The number of nitrogens with two attached hydrogens (primary N) is 2. The van der Waals surface area contributed by atoms with E-state index in [4.69, 9.17) is 20.9 Å². The number of unbranched alkanes of at least 4 members (excludes halogenated alkanes) is 1. The van der Waals surface area contributed by atoms with Gasteiger partial charge in [-0.2, -0.15) is 0 Å². The van der Waals surface area contributed by atoms with Gasteiger partial charge in [0.2, 0.25) is 0 Å². The van der Waals surface area contributed by atoms with Gasteiger partial charge in [0.05, 0.1) is 24.6 Å². The molecule has 2 aromatic heterocycles. The molecule has 0 unspecified atom stereocenters. The smallest absolute Gasteiger partial charge is 0.180 e. The molecule has 0 aliphatic carbocycles. The first kappa shape index (κ1) is 20.2. The van der Waals surface area contributed by atoms with Crippen molar-refractivity contribution in [1.82, 2.24) is 9.97 Å².